The zero-order valence-corrected chi connectivity index (χ0v) is 11.2. The minimum absolute atomic E-state index is 0.325. The zero-order chi connectivity index (χ0) is 13.8. The molecule has 0 aliphatic heterocycles. The van der Waals surface area contributed by atoms with Gasteiger partial charge in [-0.2, -0.15) is 0 Å². The normalized spacial score (nSPS) is 10.0. The Bertz CT molecular complexity index is 586. The Labute approximate surface area is 113 Å². The second kappa shape index (κ2) is 5.53. The molecule has 3 N–H and O–H groups in total. The number of methoxy groups -OCH3 is 2. The molecule has 0 spiro atoms. The van der Waals surface area contributed by atoms with Crippen LogP contribution in [0.25, 0.3) is 0 Å². The maximum absolute atomic E-state index is 11.9. The molecule has 1 aromatic carbocycles. The Kier molecular flexibility index (Phi) is 3.81. The number of carbonyl (C=O) groups excluding carboxylic acids is 1. The van der Waals surface area contributed by atoms with Crippen LogP contribution >= 0.6 is 11.5 Å². The van der Waals surface area contributed by atoms with Gasteiger partial charge in [-0.1, -0.05) is 4.49 Å². The molecular weight excluding hydrogens is 268 g/mol. The van der Waals surface area contributed by atoms with Crippen LogP contribution in [-0.2, 0) is 0 Å². The molecule has 1 amide bonds. The van der Waals surface area contributed by atoms with Crippen molar-refractivity contribution >= 4 is 28.8 Å². The van der Waals surface area contributed by atoms with E-state index in [1.807, 2.05) is 0 Å². The molecule has 0 atom stereocenters. The molecule has 1 aromatic heterocycles. The molecule has 19 heavy (non-hydrogen) atoms. The molecule has 2 aromatic rings. The first-order valence-electron chi connectivity index (χ1n) is 5.26. The molecule has 7 nitrogen and oxygen atoms in total. The van der Waals surface area contributed by atoms with Gasteiger partial charge in [0.05, 0.1) is 31.8 Å². The summed E-state index contributed by atoms with van der Waals surface area (Å²) >= 11 is 1.00. The Balaban J connectivity index is 2.28. The molecule has 100 valence electrons. The molecule has 0 aliphatic carbocycles. The van der Waals surface area contributed by atoms with E-state index in [9.17, 15) is 4.79 Å². The lowest BCUT2D eigenvalue weighted by Crippen LogP contribution is -2.12. The van der Waals surface area contributed by atoms with Gasteiger partial charge in [0.15, 0.2) is 11.5 Å². The van der Waals surface area contributed by atoms with Crippen molar-refractivity contribution in [3.63, 3.8) is 0 Å². The number of nitrogens with two attached hydrogens (primary N) is 1. The fourth-order valence-corrected chi connectivity index (χ4v) is 1.86. The van der Waals surface area contributed by atoms with Crippen LogP contribution in [-0.4, -0.2) is 29.7 Å². The molecule has 1 heterocycles. The number of hydrogen-bond acceptors (Lipinski definition) is 7. The van der Waals surface area contributed by atoms with E-state index in [2.05, 4.69) is 14.9 Å². The minimum Gasteiger partial charge on any atom is -0.493 e. The van der Waals surface area contributed by atoms with E-state index in [1.165, 1.54) is 20.4 Å². The summed E-state index contributed by atoms with van der Waals surface area (Å²) in [6.45, 7) is 0. The van der Waals surface area contributed by atoms with Crippen LogP contribution in [0.3, 0.4) is 0 Å². The Morgan fingerprint density at radius 1 is 1.32 bits per heavy atom. The number of nitrogens with one attached hydrogen (secondary N) is 1. The maximum Gasteiger partial charge on any atom is 0.269 e. The molecule has 0 unspecified atom stereocenters. The van der Waals surface area contributed by atoms with Gasteiger partial charge in [-0.15, -0.1) is 5.10 Å². The van der Waals surface area contributed by atoms with E-state index < -0.39 is 0 Å². The van der Waals surface area contributed by atoms with Gasteiger partial charge in [-0.3, -0.25) is 4.79 Å². The predicted molar refractivity (Wildman–Crippen MR) is 71.8 cm³/mol. The molecule has 0 saturated carbocycles. The third kappa shape index (κ3) is 2.74. The maximum atomic E-state index is 11.9. The van der Waals surface area contributed by atoms with Crippen LogP contribution in [0.15, 0.2) is 18.3 Å². The summed E-state index contributed by atoms with van der Waals surface area (Å²) in [6.07, 6.45) is 1.39. The van der Waals surface area contributed by atoms with Crippen molar-refractivity contribution in [2.75, 3.05) is 25.3 Å². The smallest absolute Gasteiger partial charge is 0.269 e. The van der Waals surface area contributed by atoms with Gasteiger partial charge in [-0.25, -0.2) is 0 Å². The molecule has 0 aliphatic rings. The lowest BCUT2D eigenvalue weighted by atomic mass is 10.2. The fourth-order valence-electron chi connectivity index (χ4n) is 1.45. The van der Waals surface area contributed by atoms with Crippen LogP contribution < -0.4 is 20.5 Å². The van der Waals surface area contributed by atoms with E-state index in [0.717, 1.165) is 11.5 Å². The van der Waals surface area contributed by atoms with Gasteiger partial charge in [0.1, 0.15) is 4.88 Å². The van der Waals surface area contributed by atoms with Crippen molar-refractivity contribution in [3.05, 3.63) is 23.2 Å². The number of benzene rings is 1. The third-order valence-corrected chi connectivity index (χ3v) is 3.05. The largest absolute Gasteiger partial charge is 0.493 e. The summed E-state index contributed by atoms with van der Waals surface area (Å²) in [6, 6.07) is 3.18. The van der Waals surface area contributed by atoms with Gasteiger partial charge in [-0.05, 0) is 11.5 Å². The summed E-state index contributed by atoms with van der Waals surface area (Å²) in [7, 11) is 3.02. The molecular formula is C11H12N4O3S. The van der Waals surface area contributed by atoms with E-state index in [1.54, 1.807) is 12.1 Å². The first-order valence-corrected chi connectivity index (χ1v) is 6.03. The third-order valence-electron chi connectivity index (χ3n) is 2.39. The van der Waals surface area contributed by atoms with Gasteiger partial charge in [0.2, 0.25) is 0 Å². The zero-order valence-electron chi connectivity index (χ0n) is 10.3. The van der Waals surface area contributed by atoms with Crippen molar-refractivity contribution in [2.45, 2.75) is 0 Å². The second-order valence-corrected chi connectivity index (χ2v) is 4.32. The van der Waals surface area contributed by atoms with Crippen molar-refractivity contribution in [2.24, 2.45) is 0 Å². The van der Waals surface area contributed by atoms with Crippen LogP contribution in [0.4, 0.5) is 11.4 Å². The summed E-state index contributed by atoms with van der Waals surface area (Å²) in [5.74, 6) is 0.654. The quantitative estimate of drug-likeness (QED) is 0.821. The first kappa shape index (κ1) is 13.1. The number of rotatable bonds is 4. The standard InChI is InChI=1S/C11H12N4O3S/c1-17-8-3-6(12)7(4-9(8)18-2)14-11(16)10-5-13-15-19-10/h3-5H,12H2,1-2H3,(H,14,16). The van der Waals surface area contributed by atoms with Gasteiger partial charge in [0.25, 0.3) is 5.91 Å². The summed E-state index contributed by atoms with van der Waals surface area (Å²) in [4.78, 5) is 12.3. The molecule has 0 radical (unpaired) electrons. The van der Waals surface area contributed by atoms with Crippen LogP contribution in [0.2, 0.25) is 0 Å². The summed E-state index contributed by atoms with van der Waals surface area (Å²) in [5, 5.41) is 6.27. The second-order valence-electron chi connectivity index (χ2n) is 3.53. The van der Waals surface area contributed by atoms with Gasteiger partial charge in [0, 0.05) is 12.1 Å². The highest BCUT2D eigenvalue weighted by Gasteiger charge is 2.14. The minimum atomic E-state index is -0.325. The van der Waals surface area contributed by atoms with Crippen molar-refractivity contribution in [1.82, 2.24) is 9.59 Å². The predicted octanol–water partition coefficient (Wildman–Crippen LogP) is 1.39. The van der Waals surface area contributed by atoms with E-state index in [4.69, 9.17) is 15.2 Å². The lowest BCUT2D eigenvalue weighted by Gasteiger charge is -2.12. The first-order chi connectivity index (χ1) is 9.15. The lowest BCUT2D eigenvalue weighted by molar-refractivity contribution is 0.103. The Morgan fingerprint density at radius 2 is 2.00 bits per heavy atom. The van der Waals surface area contributed by atoms with Crippen molar-refractivity contribution in [1.29, 1.82) is 0 Å². The number of amides is 1. The number of ether oxygens (including phenoxy) is 2. The Hall–Kier alpha value is -2.35. The van der Waals surface area contributed by atoms with Crippen LogP contribution in [0.5, 0.6) is 11.5 Å². The number of nitrogen functional groups attached to an aromatic ring is 1. The summed E-state index contributed by atoms with van der Waals surface area (Å²) < 4.78 is 13.9. The molecule has 0 saturated heterocycles. The summed E-state index contributed by atoms with van der Waals surface area (Å²) in [5.41, 5.74) is 6.66. The highest BCUT2D eigenvalue weighted by atomic mass is 32.1. The van der Waals surface area contributed by atoms with Gasteiger partial charge >= 0.3 is 0 Å². The van der Waals surface area contributed by atoms with E-state index >= 15 is 0 Å². The molecule has 0 bridgehead atoms. The topological polar surface area (TPSA) is 99.4 Å². The fraction of sp³-hybridized carbons (Fsp3) is 0.182. The molecule has 0 fully saturated rings. The van der Waals surface area contributed by atoms with E-state index in [-0.39, 0.29) is 5.91 Å². The molecule has 8 heteroatoms. The van der Waals surface area contributed by atoms with Crippen LogP contribution in [0, 0.1) is 0 Å². The highest BCUT2D eigenvalue weighted by Crippen LogP contribution is 2.34. The average molecular weight is 280 g/mol. The monoisotopic (exact) mass is 280 g/mol. The van der Waals surface area contributed by atoms with Crippen molar-refractivity contribution in [3.8, 4) is 11.5 Å². The molecule has 2 rings (SSSR count). The van der Waals surface area contributed by atoms with Crippen LogP contribution in [0.1, 0.15) is 9.67 Å². The highest BCUT2D eigenvalue weighted by molar-refractivity contribution is 7.07. The number of carbonyl (C=O) groups is 1. The van der Waals surface area contributed by atoms with Gasteiger partial charge < -0.3 is 20.5 Å². The number of anilines is 2. The number of nitrogens with zero attached hydrogens (tertiary/aromatic N) is 2. The Morgan fingerprint density at radius 3 is 2.58 bits per heavy atom. The van der Waals surface area contributed by atoms with E-state index in [0.29, 0.717) is 27.8 Å². The van der Waals surface area contributed by atoms with Crippen molar-refractivity contribution < 1.29 is 14.3 Å². The number of aromatic nitrogens is 2. The SMILES string of the molecule is COc1cc(N)c(NC(=O)c2cnns2)cc1OC. The average Bonchev–Trinajstić information content (AvgIpc) is 2.94. The number of hydrogen-bond donors (Lipinski definition) is 2.